The number of piperidine rings is 1. The number of benzene rings is 1. The van der Waals surface area contributed by atoms with Gasteiger partial charge in [0.05, 0.1) is 19.8 Å². The largest absolute Gasteiger partial charge is 0.494 e. The Morgan fingerprint density at radius 2 is 2.00 bits per heavy atom. The Balaban J connectivity index is 1.64. The topological polar surface area (TPSA) is 84.4 Å². The molecule has 1 atom stereocenters. The van der Waals surface area contributed by atoms with Crippen LogP contribution in [0, 0.1) is 0 Å². The number of aliphatic imine (C=N–C) groups is 1. The molecule has 0 bridgehead atoms. The summed E-state index contributed by atoms with van der Waals surface area (Å²) in [5.41, 5.74) is 2.21. The Labute approximate surface area is 185 Å². The van der Waals surface area contributed by atoms with Crippen LogP contribution in [0.4, 0.5) is 4.79 Å². The predicted molar refractivity (Wildman–Crippen MR) is 121 cm³/mol. The van der Waals surface area contributed by atoms with E-state index in [1.165, 1.54) is 5.56 Å². The third kappa shape index (κ3) is 6.18. The van der Waals surface area contributed by atoms with Gasteiger partial charge in [-0.15, -0.1) is 0 Å². The van der Waals surface area contributed by atoms with Crippen LogP contribution in [0.25, 0.3) is 0 Å². The van der Waals surface area contributed by atoms with Gasteiger partial charge in [-0.25, -0.2) is 9.79 Å². The van der Waals surface area contributed by atoms with Gasteiger partial charge in [0.15, 0.2) is 5.96 Å². The Hall–Kier alpha value is -2.64. The van der Waals surface area contributed by atoms with E-state index < -0.39 is 0 Å². The van der Waals surface area contributed by atoms with Gasteiger partial charge < -0.3 is 29.7 Å². The number of nitrogens with zero attached hydrogens (tertiary/aromatic N) is 2. The number of likely N-dealkylation sites (tertiary alicyclic amines) is 1. The first-order chi connectivity index (χ1) is 15.0. The summed E-state index contributed by atoms with van der Waals surface area (Å²) >= 11 is 0. The number of nitrogens with one attached hydrogen (secondary N) is 2. The van der Waals surface area contributed by atoms with Crippen molar-refractivity contribution in [2.45, 2.75) is 65.6 Å². The molecule has 1 aromatic carbocycles. The minimum absolute atomic E-state index is 0.197. The standard InChI is InChI=1S/C23H36N4O4/c1-5-24-22(26-19-8-10-27(11-9-19)23(28)30-7-3)25-15-18-14-21-17(12-16(4)31-21)13-20(18)29-6-2/h13-14,16,19H,5-12,15H2,1-4H3,(H2,24,25,26). The fraction of sp³-hybridized carbons (Fsp3) is 0.652. The van der Waals surface area contributed by atoms with Crippen LogP contribution in [0.15, 0.2) is 17.1 Å². The minimum Gasteiger partial charge on any atom is -0.494 e. The van der Waals surface area contributed by atoms with Gasteiger partial charge in [-0.05, 0) is 52.7 Å². The molecular weight excluding hydrogens is 396 g/mol. The second-order valence-corrected chi connectivity index (χ2v) is 7.93. The van der Waals surface area contributed by atoms with E-state index in [1.54, 1.807) is 4.90 Å². The molecule has 2 heterocycles. The van der Waals surface area contributed by atoms with Crippen LogP contribution >= 0.6 is 0 Å². The van der Waals surface area contributed by atoms with Crippen molar-refractivity contribution in [1.82, 2.24) is 15.5 Å². The van der Waals surface area contributed by atoms with E-state index in [0.717, 1.165) is 48.8 Å². The lowest BCUT2D eigenvalue weighted by molar-refractivity contribution is 0.0963. The predicted octanol–water partition coefficient (Wildman–Crippen LogP) is 3.08. The Bertz CT molecular complexity index is 775. The highest BCUT2D eigenvalue weighted by atomic mass is 16.6. The third-order valence-corrected chi connectivity index (χ3v) is 5.49. The molecule has 3 rings (SSSR count). The van der Waals surface area contributed by atoms with Gasteiger partial charge in [0.25, 0.3) is 0 Å². The van der Waals surface area contributed by atoms with Crippen LogP contribution < -0.4 is 20.1 Å². The van der Waals surface area contributed by atoms with Gasteiger partial charge in [-0.3, -0.25) is 0 Å². The fourth-order valence-corrected chi connectivity index (χ4v) is 3.99. The third-order valence-electron chi connectivity index (χ3n) is 5.49. The number of fused-ring (bicyclic) bond motifs is 1. The lowest BCUT2D eigenvalue weighted by Crippen LogP contribution is -2.49. The van der Waals surface area contributed by atoms with Crippen LogP contribution in [-0.2, 0) is 17.7 Å². The molecule has 1 amide bonds. The van der Waals surface area contributed by atoms with E-state index in [1.807, 2.05) is 13.8 Å². The van der Waals surface area contributed by atoms with Crippen LogP contribution in [0.2, 0.25) is 0 Å². The molecule has 1 unspecified atom stereocenters. The fourth-order valence-electron chi connectivity index (χ4n) is 3.99. The van der Waals surface area contributed by atoms with E-state index in [2.05, 4.69) is 36.6 Å². The van der Waals surface area contributed by atoms with Crippen molar-refractivity contribution in [2.24, 2.45) is 4.99 Å². The number of carbonyl (C=O) groups excluding carboxylic acids is 1. The molecule has 8 nitrogen and oxygen atoms in total. The molecule has 0 spiro atoms. The van der Waals surface area contributed by atoms with E-state index >= 15 is 0 Å². The molecule has 1 saturated heterocycles. The molecule has 0 saturated carbocycles. The van der Waals surface area contributed by atoms with E-state index in [9.17, 15) is 4.79 Å². The summed E-state index contributed by atoms with van der Waals surface area (Å²) in [4.78, 5) is 18.5. The molecule has 2 aliphatic heterocycles. The van der Waals surface area contributed by atoms with Crippen molar-refractivity contribution >= 4 is 12.1 Å². The molecule has 2 N–H and O–H groups in total. The zero-order valence-corrected chi connectivity index (χ0v) is 19.2. The van der Waals surface area contributed by atoms with Crippen molar-refractivity contribution in [1.29, 1.82) is 0 Å². The zero-order valence-electron chi connectivity index (χ0n) is 19.2. The Morgan fingerprint density at radius 3 is 2.68 bits per heavy atom. The summed E-state index contributed by atoms with van der Waals surface area (Å²) in [7, 11) is 0. The highest BCUT2D eigenvalue weighted by molar-refractivity contribution is 5.80. The van der Waals surface area contributed by atoms with Crippen LogP contribution in [0.5, 0.6) is 11.5 Å². The first kappa shape index (κ1) is 23.0. The van der Waals surface area contributed by atoms with Crippen molar-refractivity contribution < 1.29 is 19.0 Å². The normalized spacial score (nSPS) is 18.9. The molecule has 1 fully saturated rings. The summed E-state index contributed by atoms with van der Waals surface area (Å²) in [5, 5.41) is 6.84. The average Bonchev–Trinajstić information content (AvgIpc) is 3.11. The van der Waals surface area contributed by atoms with E-state index in [0.29, 0.717) is 32.8 Å². The van der Waals surface area contributed by atoms with Crippen molar-refractivity contribution in [3.63, 3.8) is 0 Å². The lowest BCUT2D eigenvalue weighted by Gasteiger charge is -2.32. The number of hydrogen-bond acceptors (Lipinski definition) is 5. The second-order valence-electron chi connectivity index (χ2n) is 7.93. The zero-order chi connectivity index (χ0) is 22.2. The van der Waals surface area contributed by atoms with Gasteiger partial charge in [-0.1, -0.05) is 0 Å². The van der Waals surface area contributed by atoms with Gasteiger partial charge in [-0.2, -0.15) is 0 Å². The number of amides is 1. The number of ether oxygens (including phenoxy) is 3. The number of rotatable bonds is 7. The van der Waals surface area contributed by atoms with E-state index in [4.69, 9.17) is 19.2 Å². The van der Waals surface area contributed by atoms with Crippen molar-refractivity contribution in [3.8, 4) is 11.5 Å². The van der Waals surface area contributed by atoms with Crippen LogP contribution in [0.1, 0.15) is 51.7 Å². The smallest absolute Gasteiger partial charge is 0.409 e. The summed E-state index contributed by atoms with van der Waals surface area (Å²) in [5.74, 6) is 2.58. The lowest BCUT2D eigenvalue weighted by atomic mass is 10.1. The summed E-state index contributed by atoms with van der Waals surface area (Å²) in [6.07, 6.45) is 2.60. The molecule has 2 aliphatic rings. The van der Waals surface area contributed by atoms with Crippen molar-refractivity contribution in [2.75, 3.05) is 32.8 Å². The molecule has 0 aliphatic carbocycles. The molecule has 172 valence electrons. The van der Waals surface area contributed by atoms with Gasteiger partial charge in [0, 0.05) is 43.2 Å². The number of carbonyl (C=O) groups is 1. The van der Waals surface area contributed by atoms with E-state index in [-0.39, 0.29) is 18.2 Å². The molecular formula is C23H36N4O4. The Kier molecular flexibility index (Phi) is 8.26. The average molecular weight is 433 g/mol. The first-order valence-corrected chi connectivity index (χ1v) is 11.5. The second kappa shape index (κ2) is 11.1. The van der Waals surface area contributed by atoms with Gasteiger partial charge in [0.2, 0.25) is 0 Å². The maximum Gasteiger partial charge on any atom is 0.409 e. The summed E-state index contributed by atoms with van der Waals surface area (Å²) in [6.45, 7) is 11.6. The monoisotopic (exact) mass is 432 g/mol. The molecule has 0 aromatic heterocycles. The maximum absolute atomic E-state index is 11.9. The summed E-state index contributed by atoms with van der Waals surface area (Å²) in [6, 6.07) is 4.42. The van der Waals surface area contributed by atoms with Crippen molar-refractivity contribution in [3.05, 3.63) is 23.3 Å². The van der Waals surface area contributed by atoms with Crippen LogP contribution in [0.3, 0.4) is 0 Å². The quantitative estimate of drug-likeness (QED) is 0.509. The SMILES string of the molecule is CCNC(=NCc1cc2c(cc1OCC)CC(C)O2)NC1CCN(C(=O)OCC)CC1. The molecule has 0 radical (unpaired) electrons. The number of hydrogen-bond donors (Lipinski definition) is 2. The molecule has 8 heteroatoms. The van der Waals surface area contributed by atoms with Crippen LogP contribution in [-0.4, -0.2) is 61.9 Å². The van der Waals surface area contributed by atoms with Gasteiger partial charge >= 0.3 is 6.09 Å². The molecule has 31 heavy (non-hydrogen) atoms. The number of guanidine groups is 1. The van der Waals surface area contributed by atoms with Gasteiger partial charge in [0.1, 0.15) is 17.6 Å². The highest BCUT2D eigenvalue weighted by Gasteiger charge is 2.24. The minimum atomic E-state index is -0.224. The summed E-state index contributed by atoms with van der Waals surface area (Å²) < 4.78 is 16.9. The molecule has 1 aromatic rings. The first-order valence-electron chi connectivity index (χ1n) is 11.5. The highest BCUT2D eigenvalue weighted by Crippen LogP contribution is 2.35. The Morgan fingerprint density at radius 1 is 1.23 bits per heavy atom. The maximum atomic E-state index is 11.9.